The van der Waals surface area contributed by atoms with E-state index in [2.05, 4.69) is 10.5 Å². The van der Waals surface area contributed by atoms with Crippen molar-refractivity contribution in [3.05, 3.63) is 47.5 Å². The summed E-state index contributed by atoms with van der Waals surface area (Å²) in [5.41, 5.74) is 4.95. The van der Waals surface area contributed by atoms with E-state index < -0.39 is 12.1 Å². The van der Waals surface area contributed by atoms with E-state index in [0.717, 1.165) is 5.56 Å². The number of hydrogen-bond donors (Lipinski definition) is 2. The van der Waals surface area contributed by atoms with E-state index in [4.69, 9.17) is 28.4 Å². The average molecular weight is 416 g/mol. The first kappa shape index (κ1) is 20.3. The predicted molar refractivity (Wildman–Crippen MR) is 107 cm³/mol. The first-order valence-electron chi connectivity index (χ1n) is 9.50. The lowest BCUT2D eigenvalue weighted by Crippen LogP contribution is -2.28. The minimum absolute atomic E-state index is 0.0448. The lowest BCUT2D eigenvalue weighted by molar-refractivity contribution is 0.0459. The van der Waals surface area contributed by atoms with E-state index in [1.807, 2.05) is 18.2 Å². The van der Waals surface area contributed by atoms with Crippen molar-refractivity contribution in [2.45, 2.75) is 12.1 Å². The third-order valence-corrected chi connectivity index (χ3v) is 4.75. The molecule has 0 aliphatic carbocycles. The maximum atomic E-state index is 11.0. The van der Waals surface area contributed by atoms with Crippen molar-refractivity contribution in [1.29, 1.82) is 0 Å². The molecule has 2 aromatic rings. The van der Waals surface area contributed by atoms with Gasteiger partial charge in [0.1, 0.15) is 42.6 Å². The fraction of sp³-hybridized carbons (Fsp3) is 0.381. The molecule has 0 fully saturated rings. The summed E-state index contributed by atoms with van der Waals surface area (Å²) in [6.07, 6.45) is -0.900. The van der Waals surface area contributed by atoms with Gasteiger partial charge in [0.2, 0.25) is 0 Å². The summed E-state index contributed by atoms with van der Waals surface area (Å²) in [7, 11) is 3.08. The molecule has 2 aliphatic rings. The van der Waals surface area contributed by atoms with Gasteiger partial charge < -0.3 is 33.5 Å². The molecule has 2 aliphatic heterocycles. The van der Waals surface area contributed by atoms with E-state index >= 15 is 0 Å². The van der Waals surface area contributed by atoms with Crippen LogP contribution in [0.2, 0.25) is 0 Å². The molecule has 2 unspecified atom stereocenters. The Labute approximate surface area is 174 Å². The molecule has 2 N–H and O–H groups in total. The number of nitrogens with zero attached hydrogens (tertiary/aromatic N) is 1. The first-order valence-corrected chi connectivity index (χ1v) is 9.50. The van der Waals surface area contributed by atoms with Crippen LogP contribution < -0.4 is 24.4 Å². The number of benzene rings is 2. The van der Waals surface area contributed by atoms with Crippen molar-refractivity contribution in [3.8, 4) is 23.0 Å². The maximum absolute atomic E-state index is 11.0. The van der Waals surface area contributed by atoms with E-state index in [0.29, 0.717) is 47.5 Å². The highest BCUT2D eigenvalue weighted by Crippen LogP contribution is 2.36. The first-order chi connectivity index (χ1) is 14.7. The van der Waals surface area contributed by atoms with Crippen molar-refractivity contribution in [1.82, 2.24) is 5.43 Å². The highest BCUT2D eigenvalue weighted by atomic mass is 16.7. The zero-order valence-corrected chi connectivity index (χ0v) is 16.8. The van der Waals surface area contributed by atoms with Crippen LogP contribution in [0.25, 0.3) is 0 Å². The fourth-order valence-corrected chi connectivity index (χ4v) is 3.34. The fourth-order valence-electron chi connectivity index (χ4n) is 3.34. The van der Waals surface area contributed by atoms with E-state index in [1.165, 1.54) is 7.11 Å². The molecule has 0 aromatic heterocycles. The largest absolute Gasteiger partial charge is 0.486 e. The van der Waals surface area contributed by atoms with Gasteiger partial charge in [-0.2, -0.15) is 5.10 Å². The van der Waals surface area contributed by atoms with Crippen molar-refractivity contribution in [2.75, 3.05) is 41.0 Å². The molecular weight excluding hydrogens is 392 g/mol. The van der Waals surface area contributed by atoms with Gasteiger partial charge in [-0.05, 0) is 29.8 Å². The average Bonchev–Trinajstić information content (AvgIpc) is 3.17. The standard InChI is InChI=1S/C21H24N2O7/c1-25-11-29-14-4-5-15(17(10-14)30-12-26-2)20-21(24)19(22-23-20)13-3-6-16-18(9-13)28-8-7-27-16/h3-6,9-10,19,21-22,24H,7-8,11-12H2,1-2H3. The summed E-state index contributed by atoms with van der Waals surface area (Å²) < 4.78 is 32.3. The smallest absolute Gasteiger partial charge is 0.188 e. The second kappa shape index (κ2) is 9.21. The summed E-state index contributed by atoms with van der Waals surface area (Å²) >= 11 is 0. The van der Waals surface area contributed by atoms with Gasteiger partial charge in [-0.25, -0.2) is 0 Å². The Bertz CT molecular complexity index is 918. The van der Waals surface area contributed by atoms with Crippen LogP contribution in [-0.4, -0.2) is 57.9 Å². The van der Waals surface area contributed by atoms with Gasteiger partial charge in [-0.3, -0.25) is 5.43 Å². The van der Waals surface area contributed by atoms with Gasteiger partial charge in [0.25, 0.3) is 0 Å². The molecule has 0 bridgehead atoms. The highest BCUT2D eigenvalue weighted by Gasteiger charge is 2.34. The molecule has 30 heavy (non-hydrogen) atoms. The highest BCUT2D eigenvalue weighted by molar-refractivity contribution is 6.07. The Kier molecular flexibility index (Phi) is 6.22. The maximum Gasteiger partial charge on any atom is 0.188 e. The minimum atomic E-state index is -0.900. The quantitative estimate of drug-likeness (QED) is 0.629. The Hall–Kier alpha value is -3.01. The molecule has 4 rings (SSSR count). The summed E-state index contributed by atoms with van der Waals surface area (Å²) in [4.78, 5) is 0. The van der Waals surface area contributed by atoms with Gasteiger partial charge in [0.15, 0.2) is 25.1 Å². The van der Waals surface area contributed by atoms with Crippen LogP contribution >= 0.6 is 0 Å². The number of aliphatic hydroxyl groups excluding tert-OH is 1. The third-order valence-electron chi connectivity index (χ3n) is 4.75. The molecular formula is C21H24N2O7. The number of ether oxygens (including phenoxy) is 6. The van der Waals surface area contributed by atoms with Crippen molar-refractivity contribution < 1.29 is 33.5 Å². The molecule has 0 spiro atoms. The molecule has 0 amide bonds. The summed E-state index contributed by atoms with van der Waals surface area (Å²) in [5.74, 6) is 2.40. The summed E-state index contributed by atoms with van der Waals surface area (Å²) in [6.45, 7) is 1.18. The number of nitrogens with one attached hydrogen (secondary N) is 1. The van der Waals surface area contributed by atoms with Gasteiger partial charge in [-0.1, -0.05) is 6.07 Å². The van der Waals surface area contributed by atoms with Crippen LogP contribution in [-0.2, 0) is 9.47 Å². The normalized spacial score (nSPS) is 19.8. The molecule has 0 radical (unpaired) electrons. The van der Waals surface area contributed by atoms with Crippen molar-refractivity contribution >= 4 is 5.71 Å². The second-order valence-corrected chi connectivity index (χ2v) is 6.71. The zero-order valence-electron chi connectivity index (χ0n) is 16.8. The third kappa shape index (κ3) is 4.13. The molecule has 2 heterocycles. The van der Waals surface area contributed by atoms with Gasteiger partial charge in [0.05, 0.1) is 0 Å². The molecule has 2 aromatic carbocycles. The number of hydrogen-bond acceptors (Lipinski definition) is 9. The summed E-state index contributed by atoms with van der Waals surface area (Å²) in [6, 6.07) is 10.4. The van der Waals surface area contributed by atoms with Crippen LogP contribution in [0.5, 0.6) is 23.0 Å². The van der Waals surface area contributed by atoms with Crippen molar-refractivity contribution in [2.24, 2.45) is 5.10 Å². The molecule has 2 atom stereocenters. The van der Waals surface area contributed by atoms with Gasteiger partial charge >= 0.3 is 0 Å². The molecule has 9 nitrogen and oxygen atoms in total. The van der Waals surface area contributed by atoms with E-state index in [9.17, 15) is 5.11 Å². The Morgan fingerprint density at radius 3 is 2.57 bits per heavy atom. The van der Waals surface area contributed by atoms with Crippen molar-refractivity contribution in [3.63, 3.8) is 0 Å². The van der Waals surface area contributed by atoms with Gasteiger partial charge in [-0.15, -0.1) is 0 Å². The molecule has 0 saturated carbocycles. The number of fused-ring (bicyclic) bond motifs is 1. The predicted octanol–water partition coefficient (Wildman–Crippen LogP) is 1.83. The van der Waals surface area contributed by atoms with Crippen LogP contribution in [0.3, 0.4) is 0 Å². The van der Waals surface area contributed by atoms with Crippen LogP contribution in [0.4, 0.5) is 0 Å². The number of rotatable bonds is 8. The number of aliphatic hydroxyl groups is 1. The van der Waals surface area contributed by atoms with Crippen LogP contribution in [0.1, 0.15) is 17.2 Å². The Morgan fingerprint density at radius 1 is 1.00 bits per heavy atom. The van der Waals surface area contributed by atoms with E-state index in [-0.39, 0.29) is 13.6 Å². The Morgan fingerprint density at radius 2 is 1.77 bits per heavy atom. The summed E-state index contributed by atoms with van der Waals surface area (Å²) in [5, 5.41) is 15.4. The second-order valence-electron chi connectivity index (χ2n) is 6.71. The number of hydrazone groups is 1. The Balaban J connectivity index is 1.57. The molecule has 9 heteroatoms. The zero-order chi connectivity index (χ0) is 20.9. The number of methoxy groups -OCH3 is 2. The molecule has 0 saturated heterocycles. The topological polar surface area (TPSA) is 100 Å². The van der Waals surface area contributed by atoms with Gasteiger partial charge in [0, 0.05) is 25.8 Å². The van der Waals surface area contributed by atoms with Crippen LogP contribution in [0.15, 0.2) is 41.5 Å². The SMILES string of the molecule is COCOc1ccc(C2=NNC(c3ccc4c(c3)OCCO4)C2O)c(OCOC)c1. The lowest BCUT2D eigenvalue weighted by Gasteiger charge is -2.22. The minimum Gasteiger partial charge on any atom is -0.486 e. The monoisotopic (exact) mass is 416 g/mol. The van der Waals surface area contributed by atoms with Crippen LogP contribution in [0, 0.1) is 0 Å². The lowest BCUT2D eigenvalue weighted by atomic mass is 9.95. The molecule has 160 valence electrons. The van der Waals surface area contributed by atoms with E-state index in [1.54, 1.807) is 25.3 Å².